The zero-order valence-corrected chi connectivity index (χ0v) is 13.8. The smallest absolute Gasteiger partial charge is 0.229 e. The van der Waals surface area contributed by atoms with E-state index in [0.717, 1.165) is 49.3 Å². The third kappa shape index (κ3) is 3.61. The van der Waals surface area contributed by atoms with Gasteiger partial charge in [0.1, 0.15) is 11.6 Å². The molecule has 2 heterocycles. The monoisotopic (exact) mass is 333 g/mol. The zero-order valence-electron chi connectivity index (χ0n) is 12.9. The summed E-state index contributed by atoms with van der Waals surface area (Å²) in [6.45, 7) is 0.883. The highest BCUT2D eigenvalue weighted by molar-refractivity contribution is 7.90. The summed E-state index contributed by atoms with van der Waals surface area (Å²) in [4.78, 5) is 16.8. The quantitative estimate of drug-likeness (QED) is 0.925. The Morgan fingerprint density at radius 3 is 2.70 bits per heavy atom. The number of rotatable bonds is 4. The van der Waals surface area contributed by atoms with E-state index in [1.54, 1.807) is 18.3 Å². The summed E-state index contributed by atoms with van der Waals surface area (Å²) in [6, 6.07) is 6.39. The fraction of sp³-hybridized carbons (Fsp3) is 0.375. The molecule has 1 N–H and O–H groups in total. The molecule has 0 aliphatic carbocycles. The number of aryl methyl sites for hydroxylation is 1. The van der Waals surface area contributed by atoms with Gasteiger partial charge in [0.25, 0.3) is 0 Å². The van der Waals surface area contributed by atoms with Crippen LogP contribution in [0, 0.1) is 0 Å². The van der Waals surface area contributed by atoms with Gasteiger partial charge in [-0.1, -0.05) is 12.1 Å². The van der Waals surface area contributed by atoms with E-state index in [0.29, 0.717) is 0 Å². The van der Waals surface area contributed by atoms with Crippen LogP contribution in [0.25, 0.3) is 0 Å². The molecule has 0 spiro atoms. The Bertz CT molecular complexity index is 823. The first-order valence-corrected chi connectivity index (χ1v) is 9.46. The van der Waals surface area contributed by atoms with Crippen LogP contribution < -0.4 is 5.32 Å². The van der Waals surface area contributed by atoms with Crippen molar-refractivity contribution < 1.29 is 13.2 Å². The van der Waals surface area contributed by atoms with Crippen LogP contribution >= 0.6 is 0 Å². The number of carbonyl (C=O) groups is 1. The van der Waals surface area contributed by atoms with Crippen LogP contribution in [0.5, 0.6) is 0 Å². The predicted octanol–water partition coefficient (Wildman–Crippen LogP) is 1.80. The van der Waals surface area contributed by atoms with E-state index in [9.17, 15) is 13.2 Å². The van der Waals surface area contributed by atoms with Crippen LogP contribution in [-0.2, 0) is 34.0 Å². The second-order valence-corrected chi connectivity index (χ2v) is 7.83. The number of nitrogens with zero attached hydrogens (tertiary/aromatic N) is 2. The molecule has 1 aromatic heterocycles. The number of nitrogens with one attached hydrogen (secondary N) is 1. The first kappa shape index (κ1) is 15.7. The molecular formula is C16H19N3O3S. The molecule has 1 aliphatic heterocycles. The number of anilines is 1. The first-order chi connectivity index (χ1) is 10.9. The molecule has 7 heteroatoms. The molecule has 3 rings (SSSR count). The van der Waals surface area contributed by atoms with Crippen LogP contribution in [-0.4, -0.2) is 30.1 Å². The molecule has 1 amide bonds. The van der Waals surface area contributed by atoms with Gasteiger partial charge in [0, 0.05) is 19.2 Å². The van der Waals surface area contributed by atoms with E-state index in [-0.39, 0.29) is 17.2 Å². The molecule has 2 aromatic rings. The minimum atomic E-state index is -3.21. The Morgan fingerprint density at radius 2 is 2.00 bits per heavy atom. The highest BCUT2D eigenvalue weighted by Gasteiger charge is 2.16. The summed E-state index contributed by atoms with van der Waals surface area (Å²) in [6.07, 6.45) is 6.24. The van der Waals surface area contributed by atoms with Crippen LogP contribution in [0.15, 0.2) is 35.4 Å². The Kier molecular flexibility index (Phi) is 4.21. The Morgan fingerprint density at radius 1 is 1.26 bits per heavy atom. The van der Waals surface area contributed by atoms with Gasteiger partial charge in [0.05, 0.1) is 17.5 Å². The molecule has 0 saturated heterocycles. The zero-order chi connectivity index (χ0) is 16.4. The highest BCUT2D eigenvalue weighted by atomic mass is 32.2. The third-order valence-corrected chi connectivity index (χ3v) is 5.08. The fourth-order valence-electron chi connectivity index (χ4n) is 2.74. The first-order valence-electron chi connectivity index (χ1n) is 7.57. The van der Waals surface area contributed by atoms with Gasteiger partial charge in [0.15, 0.2) is 9.84 Å². The standard InChI is InChI=1S/C16H19N3O3S/c1-23(21,22)13-7-5-12(6-8-13)10-16(20)18-15-11-17-14-4-2-3-9-19(14)15/h5-8,11H,2-4,9-10H2,1H3,(H,18,20). The average Bonchev–Trinajstić information content (AvgIpc) is 2.90. The molecular weight excluding hydrogens is 314 g/mol. The van der Waals surface area contributed by atoms with Gasteiger partial charge in [-0.3, -0.25) is 4.79 Å². The van der Waals surface area contributed by atoms with E-state index in [4.69, 9.17) is 0 Å². The van der Waals surface area contributed by atoms with Crippen molar-refractivity contribution in [3.05, 3.63) is 41.9 Å². The number of aromatic nitrogens is 2. The predicted molar refractivity (Wildman–Crippen MR) is 87.1 cm³/mol. The van der Waals surface area contributed by atoms with Crippen molar-refractivity contribution in [2.24, 2.45) is 0 Å². The Hall–Kier alpha value is -2.15. The van der Waals surface area contributed by atoms with E-state index >= 15 is 0 Å². The summed E-state index contributed by atoms with van der Waals surface area (Å²) in [7, 11) is -3.21. The number of benzene rings is 1. The van der Waals surface area contributed by atoms with Gasteiger partial charge in [-0.15, -0.1) is 0 Å². The Labute approximate surface area is 135 Å². The van der Waals surface area contributed by atoms with Crippen molar-refractivity contribution in [1.82, 2.24) is 9.55 Å². The molecule has 1 aliphatic rings. The van der Waals surface area contributed by atoms with Crippen LogP contribution in [0.3, 0.4) is 0 Å². The molecule has 0 unspecified atom stereocenters. The van der Waals surface area contributed by atoms with Crippen molar-refractivity contribution in [2.75, 3.05) is 11.6 Å². The lowest BCUT2D eigenvalue weighted by atomic mass is 10.1. The summed E-state index contributed by atoms with van der Waals surface area (Å²) in [5.41, 5.74) is 0.772. The van der Waals surface area contributed by atoms with Gasteiger partial charge >= 0.3 is 0 Å². The Balaban J connectivity index is 1.67. The van der Waals surface area contributed by atoms with E-state index < -0.39 is 9.84 Å². The normalized spacial score (nSPS) is 14.3. The van der Waals surface area contributed by atoms with Gasteiger partial charge in [0.2, 0.25) is 5.91 Å². The highest BCUT2D eigenvalue weighted by Crippen LogP contribution is 2.19. The summed E-state index contributed by atoms with van der Waals surface area (Å²) in [5, 5.41) is 2.89. The molecule has 0 bridgehead atoms. The summed E-state index contributed by atoms with van der Waals surface area (Å²) < 4.78 is 24.9. The molecule has 6 nitrogen and oxygen atoms in total. The number of imidazole rings is 1. The van der Waals surface area contributed by atoms with Crippen LogP contribution in [0.2, 0.25) is 0 Å². The van der Waals surface area contributed by atoms with Gasteiger partial charge < -0.3 is 9.88 Å². The fourth-order valence-corrected chi connectivity index (χ4v) is 3.37. The largest absolute Gasteiger partial charge is 0.315 e. The number of sulfone groups is 1. The lowest BCUT2D eigenvalue weighted by Gasteiger charge is -2.16. The van der Waals surface area contributed by atoms with Crippen molar-refractivity contribution in [3.63, 3.8) is 0 Å². The molecule has 122 valence electrons. The van der Waals surface area contributed by atoms with Crippen LogP contribution in [0.1, 0.15) is 24.2 Å². The average molecular weight is 333 g/mol. The number of carbonyl (C=O) groups excluding carboxylic acids is 1. The number of hydrogen-bond donors (Lipinski definition) is 1. The maximum absolute atomic E-state index is 12.2. The van der Waals surface area contributed by atoms with E-state index in [1.807, 2.05) is 4.57 Å². The van der Waals surface area contributed by atoms with Gasteiger partial charge in [-0.05, 0) is 30.5 Å². The second-order valence-electron chi connectivity index (χ2n) is 5.81. The van der Waals surface area contributed by atoms with Gasteiger partial charge in [-0.25, -0.2) is 13.4 Å². The van der Waals surface area contributed by atoms with Crippen molar-refractivity contribution in [1.29, 1.82) is 0 Å². The van der Waals surface area contributed by atoms with Crippen LogP contribution in [0.4, 0.5) is 5.82 Å². The number of amides is 1. The minimum Gasteiger partial charge on any atom is -0.315 e. The number of fused-ring (bicyclic) bond motifs is 1. The lowest BCUT2D eigenvalue weighted by Crippen LogP contribution is -2.19. The topological polar surface area (TPSA) is 81.1 Å². The molecule has 23 heavy (non-hydrogen) atoms. The molecule has 0 atom stereocenters. The maximum Gasteiger partial charge on any atom is 0.229 e. The minimum absolute atomic E-state index is 0.134. The lowest BCUT2D eigenvalue weighted by molar-refractivity contribution is -0.115. The van der Waals surface area contributed by atoms with Crippen molar-refractivity contribution in [3.8, 4) is 0 Å². The maximum atomic E-state index is 12.2. The molecule has 0 saturated carbocycles. The van der Waals surface area contributed by atoms with Crippen molar-refractivity contribution >= 4 is 21.6 Å². The number of hydrogen-bond acceptors (Lipinski definition) is 4. The van der Waals surface area contributed by atoms with Crippen molar-refractivity contribution in [2.45, 2.75) is 37.1 Å². The second kappa shape index (κ2) is 6.16. The third-order valence-electron chi connectivity index (χ3n) is 3.95. The molecule has 0 fully saturated rings. The van der Waals surface area contributed by atoms with E-state index in [1.165, 1.54) is 12.1 Å². The van der Waals surface area contributed by atoms with Gasteiger partial charge in [-0.2, -0.15) is 0 Å². The SMILES string of the molecule is CS(=O)(=O)c1ccc(CC(=O)Nc2cnc3n2CCCC3)cc1. The molecule has 1 aromatic carbocycles. The summed E-state index contributed by atoms with van der Waals surface area (Å²) in [5.74, 6) is 1.62. The summed E-state index contributed by atoms with van der Waals surface area (Å²) >= 11 is 0. The van der Waals surface area contributed by atoms with E-state index in [2.05, 4.69) is 10.3 Å². The molecule has 0 radical (unpaired) electrons.